The van der Waals surface area contributed by atoms with Crippen LogP contribution >= 0.6 is 15.9 Å². The van der Waals surface area contributed by atoms with Gasteiger partial charge in [-0.05, 0) is 27.2 Å². The molecule has 0 saturated carbocycles. The van der Waals surface area contributed by atoms with E-state index in [2.05, 4.69) is 26.1 Å². The van der Waals surface area contributed by atoms with Gasteiger partial charge >= 0.3 is 0 Å². The Morgan fingerprint density at radius 2 is 2.45 bits per heavy atom. The van der Waals surface area contributed by atoms with Crippen molar-refractivity contribution in [3.63, 3.8) is 0 Å². The molecular formula is C6H5BrN2O2. The molecule has 1 heterocycles. The molecule has 58 valence electrons. The van der Waals surface area contributed by atoms with E-state index in [0.29, 0.717) is 10.4 Å². The number of halogens is 1. The average Bonchev–Trinajstić information content (AvgIpc) is 2.04. The third-order valence-corrected chi connectivity index (χ3v) is 1.66. The number of ether oxygens (including phenoxy) is 1. The maximum absolute atomic E-state index is 10.0. The molecule has 0 aliphatic carbocycles. The van der Waals surface area contributed by atoms with Crippen LogP contribution in [0.1, 0.15) is 0 Å². The van der Waals surface area contributed by atoms with Crippen molar-refractivity contribution in [1.29, 1.82) is 0 Å². The van der Waals surface area contributed by atoms with Gasteiger partial charge in [-0.15, -0.1) is 4.91 Å². The van der Waals surface area contributed by atoms with E-state index < -0.39 is 0 Å². The Balaban J connectivity index is 3.09. The Morgan fingerprint density at radius 1 is 1.73 bits per heavy atom. The summed E-state index contributed by atoms with van der Waals surface area (Å²) in [7, 11) is 1.50. The molecule has 0 bridgehead atoms. The number of methoxy groups -OCH3 is 1. The van der Waals surface area contributed by atoms with E-state index in [9.17, 15) is 4.91 Å². The number of rotatable bonds is 2. The minimum absolute atomic E-state index is 0.276. The number of hydrogen-bond donors (Lipinski definition) is 0. The van der Waals surface area contributed by atoms with Crippen molar-refractivity contribution in [2.45, 2.75) is 0 Å². The van der Waals surface area contributed by atoms with Gasteiger partial charge in [-0.25, -0.2) is 4.98 Å². The van der Waals surface area contributed by atoms with Crippen LogP contribution in [0.5, 0.6) is 5.88 Å². The minimum atomic E-state index is 0.276. The molecule has 0 radical (unpaired) electrons. The minimum Gasteiger partial charge on any atom is -0.480 e. The number of hydrogen-bond acceptors (Lipinski definition) is 4. The molecule has 0 saturated heterocycles. The molecule has 1 aromatic heterocycles. The van der Waals surface area contributed by atoms with Crippen LogP contribution in [0.3, 0.4) is 0 Å². The smallest absolute Gasteiger partial charge is 0.227 e. The first-order valence-corrected chi connectivity index (χ1v) is 3.60. The van der Waals surface area contributed by atoms with Crippen molar-refractivity contribution in [2.24, 2.45) is 5.18 Å². The van der Waals surface area contributed by atoms with Crippen molar-refractivity contribution in [3.8, 4) is 5.88 Å². The lowest BCUT2D eigenvalue weighted by Gasteiger charge is -1.99. The van der Waals surface area contributed by atoms with Crippen LogP contribution in [-0.4, -0.2) is 12.1 Å². The van der Waals surface area contributed by atoms with Crippen molar-refractivity contribution in [3.05, 3.63) is 21.6 Å². The maximum atomic E-state index is 10.0. The molecule has 0 aromatic carbocycles. The van der Waals surface area contributed by atoms with E-state index in [0.717, 1.165) is 0 Å². The molecule has 0 spiro atoms. The van der Waals surface area contributed by atoms with Gasteiger partial charge in [0.1, 0.15) is 5.69 Å². The second-order valence-corrected chi connectivity index (χ2v) is 2.63. The highest BCUT2D eigenvalue weighted by molar-refractivity contribution is 9.10. The summed E-state index contributed by atoms with van der Waals surface area (Å²) in [4.78, 5) is 13.8. The van der Waals surface area contributed by atoms with Crippen molar-refractivity contribution in [2.75, 3.05) is 7.11 Å². The van der Waals surface area contributed by atoms with Gasteiger partial charge in [0.15, 0.2) is 0 Å². The number of pyridine rings is 1. The fourth-order valence-electron chi connectivity index (χ4n) is 0.615. The summed E-state index contributed by atoms with van der Waals surface area (Å²) in [5.74, 6) is 0.442. The Labute approximate surface area is 71.7 Å². The van der Waals surface area contributed by atoms with E-state index in [1.54, 1.807) is 6.07 Å². The zero-order chi connectivity index (χ0) is 8.27. The normalized spacial score (nSPS) is 9.27. The highest BCUT2D eigenvalue weighted by atomic mass is 79.9. The lowest BCUT2D eigenvalue weighted by Crippen LogP contribution is -1.86. The first-order chi connectivity index (χ1) is 5.27. The fraction of sp³-hybridized carbons (Fsp3) is 0.167. The van der Waals surface area contributed by atoms with Crippen molar-refractivity contribution < 1.29 is 4.74 Å². The average molecular weight is 217 g/mol. The van der Waals surface area contributed by atoms with Gasteiger partial charge in [-0.3, -0.25) is 0 Å². The van der Waals surface area contributed by atoms with E-state index in [-0.39, 0.29) is 5.69 Å². The zero-order valence-electron chi connectivity index (χ0n) is 5.74. The molecule has 5 heteroatoms. The molecule has 0 fully saturated rings. The Morgan fingerprint density at radius 3 is 2.91 bits per heavy atom. The van der Waals surface area contributed by atoms with Crippen LogP contribution in [0, 0.1) is 4.91 Å². The van der Waals surface area contributed by atoms with Gasteiger partial charge in [-0.2, -0.15) is 0 Å². The first-order valence-electron chi connectivity index (χ1n) is 2.81. The number of nitrogens with zero attached hydrogens (tertiary/aromatic N) is 2. The molecule has 0 N–H and O–H groups in total. The van der Waals surface area contributed by atoms with Crippen LogP contribution in [0.4, 0.5) is 5.69 Å². The predicted octanol–water partition coefficient (Wildman–Crippen LogP) is 2.25. The Hall–Kier alpha value is -0.970. The topological polar surface area (TPSA) is 51.6 Å². The van der Waals surface area contributed by atoms with Gasteiger partial charge in [0.05, 0.1) is 17.8 Å². The van der Waals surface area contributed by atoms with Gasteiger partial charge in [-0.1, -0.05) is 0 Å². The summed E-state index contributed by atoms with van der Waals surface area (Å²) in [6, 6.07) is 1.54. The SMILES string of the molecule is COc1ncc(N=O)cc1Br. The van der Waals surface area contributed by atoms with E-state index in [4.69, 9.17) is 4.74 Å². The standard InChI is InChI=1S/C6H5BrN2O2/c1-11-6-5(7)2-4(9-10)3-8-6/h2-3H,1H3. The largest absolute Gasteiger partial charge is 0.480 e. The maximum Gasteiger partial charge on any atom is 0.227 e. The van der Waals surface area contributed by atoms with Crippen LogP contribution in [-0.2, 0) is 0 Å². The summed E-state index contributed by atoms with van der Waals surface area (Å²) < 4.78 is 5.47. The second kappa shape index (κ2) is 3.43. The molecule has 0 aliphatic heterocycles. The van der Waals surface area contributed by atoms with Crippen LogP contribution < -0.4 is 4.74 Å². The fourth-order valence-corrected chi connectivity index (χ4v) is 1.11. The van der Waals surface area contributed by atoms with Crippen molar-refractivity contribution >= 4 is 21.6 Å². The molecular weight excluding hydrogens is 212 g/mol. The molecule has 0 aliphatic rings. The Bertz CT molecular complexity index is 277. The summed E-state index contributed by atoms with van der Waals surface area (Å²) in [5, 5.41) is 2.71. The van der Waals surface area contributed by atoms with E-state index in [1.807, 2.05) is 0 Å². The van der Waals surface area contributed by atoms with E-state index in [1.165, 1.54) is 13.3 Å². The van der Waals surface area contributed by atoms with Gasteiger partial charge in [0.2, 0.25) is 5.88 Å². The van der Waals surface area contributed by atoms with Gasteiger partial charge in [0.25, 0.3) is 0 Å². The quantitative estimate of drug-likeness (QED) is 0.713. The number of nitroso groups, excluding NO2 is 1. The van der Waals surface area contributed by atoms with Gasteiger partial charge < -0.3 is 4.74 Å². The lowest BCUT2D eigenvalue weighted by molar-refractivity contribution is 0.395. The number of aromatic nitrogens is 1. The molecule has 4 nitrogen and oxygen atoms in total. The summed E-state index contributed by atoms with van der Waals surface area (Å²) in [6.07, 6.45) is 1.34. The third kappa shape index (κ3) is 1.74. The molecule has 0 atom stereocenters. The molecule has 1 rings (SSSR count). The van der Waals surface area contributed by atoms with Crippen LogP contribution in [0.25, 0.3) is 0 Å². The highest BCUT2D eigenvalue weighted by Gasteiger charge is 2.01. The predicted molar refractivity (Wildman–Crippen MR) is 43.9 cm³/mol. The van der Waals surface area contributed by atoms with Crippen LogP contribution in [0.15, 0.2) is 21.9 Å². The Kier molecular flexibility index (Phi) is 2.53. The second-order valence-electron chi connectivity index (χ2n) is 1.78. The zero-order valence-corrected chi connectivity index (χ0v) is 7.33. The molecule has 0 unspecified atom stereocenters. The molecule has 11 heavy (non-hydrogen) atoms. The summed E-state index contributed by atoms with van der Waals surface area (Å²) >= 11 is 3.16. The van der Waals surface area contributed by atoms with Crippen molar-refractivity contribution in [1.82, 2.24) is 4.98 Å². The lowest BCUT2D eigenvalue weighted by atomic mass is 10.4. The van der Waals surface area contributed by atoms with Crippen LogP contribution in [0.2, 0.25) is 0 Å². The monoisotopic (exact) mass is 216 g/mol. The van der Waals surface area contributed by atoms with Gasteiger partial charge in [0, 0.05) is 0 Å². The first kappa shape index (κ1) is 8.13. The highest BCUT2D eigenvalue weighted by Crippen LogP contribution is 2.25. The summed E-state index contributed by atoms with van der Waals surface area (Å²) in [6.45, 7) is 0. The third-order valence-electron chi connectivity index (χ3n) is 1.09. The molecule has 0 amide bonds. The summed E-state index contributed by atoms with van der Waals surface area (Å²) in [5.41, 5.74) is 0.276. The van der Waals surface area contributed by atoms with E-state index >= 15 is 0 Å². The molecule has 1 aromatic rings.